The van der Waals surface area contributed by atoms with E-state index in [0.717, 1.165) is 0 Å². The summed E-state index contributed by atoms with van der Waals surface area (Å²) in [5.74, 6) is 0.656. The molecule has 116 valence electrons. The van der Waals surface area contributed by atoms with Gasteiger partial charge in [-0.25, -0.2) is 19.9 Å². The molecule has 0 spiro atoms. The number of hydrogen-bond donors (Lipinski definition) is 1. The van der Waals surface area contributed by atoms with Gasteiger partial charge in [0.2, 0.25) is 5.91 Å². The average Bonchev–Trinajstić information content (AvgIpc) is 2.48. The Bertz CT molecular complexity index is 644. The van der Waals surface area contributed by atoms with Crippen LogP contribution in [0.25, 0.3) is 0 Å². The normalized spacial score (nSPS) is 9.45. The molecule has 0 fully saturated rings. The molecule has 22 heavy (non-hydrogen) atoms. The number of carbonyl (C=O) groups is 1. The van der Waals surface area contributed by atoms with Crippen molar-refractivity contribution in [3.8, 4) is 0 Å². The van der Waals surface area contributed by atoms with Crippen LogP contribution in [0, 0.1) is 24.0 Å². The summed E-state index contributed by atoms with van der Waals surface area (Å²) in [7, 11) is 0. The molecule has 0 saturated heterocycles. The van der Waals surface area contributed by atoms with E-state index in [1.807, 2.05) is 0 Å². The molecule has 1 amide bonds. The van der Waals surface area contributed by atoms with Gasteiger partial charge in [-0.05, 0) is 13.8 Å². The molecule has 2 aromatic heterocycles. The van der Waals surface area contributed by atoms with E-state index in [0.29, 0.717) is 16.7 Å². The second-order valence-corrected chi connectivity index (χ2v) is 4.06. The van der Waals surface area contributed by atoms with Crippen molar-refractivity contribution < 1.29 is 14.9 Å². The van der Waals surface area contributed by atoms with Crippen molar-refractivity contribution in [1.82, 2.24) is 19.9 Å². The number of anilines is 1. The average molecular weight is 306 g/mol. The molecule has 0 unspecified atom stereocenters. The van der Waals surface area contributed by atoms with Gasteiger partial charge < -0.3 is 0 Å². The van der Waals surface area contributed by atoms with Gasteiger partial charge in [0.15, 0.2) is 0 Å². The van der Waals surface area contributed by atoms with Crippen molar-refractivity contribution >= 4 is 17.3 Å². The van der Waals surface area contributed by atoms with Crippen molar-refractivity contribution in [1.29, 1.82) is 0 Å². The highest BCUT2D eigenvalue weighted by Gasteiger charge is 2.07. The number of hydrogen-bond acceptors (Lipinski definition) is 8. The van der Waals surface area contributed by atoms with E-state index in [9.17, 15) is 14.9 Å². The fourth-order valence-electron chi connectivity index (χ4n) is 1.16. The third kappa shape index (κ3) is 5.17. The van der Waals surface area contributed by atoms with Gasteiger partial charge in [-0.15, -0.1) is 0 Å². The first-order chi connectivity index (χ1) is 10.3. The zero-order chi connectivity index (χ0) is 16.7. The molecular weight excluding hydrogens is 292 g/mol. The maximum Gasteiger partial charge on any atom is 0.305 e. The molecule has 0 bridgehead atoms. The maximum atomic E-state index is 10.6. The minimum absolute atomic E-state index is 0.0781. The third-order valence-electron chi connectivity index (χ3n) is 2.29. The van der Waals surface area contributed by atoms with Gasteiger partial charge in [0.25, 0.3) is 0 Å². The van der Waals surface area contributed by atoms with Crippen molar-refractivity contribution in [2.45, 2.75) is 20.8 Å². The van der Waals surface area contributed by atoms with Crippen LogP contribution in [0.5, 0.6) is 0 Å². The highest BCUT2D eigenvalue weighted by Crippen LogP contribution is 2.07. The summed E-state index contributed by atoms with van der Waals surface area (Å²) in [6, 6.07) is 0. The van der Waals surface area contributed by atoms with Crippen LogP contribution in [-0.2, 0) is 4.79 Å². The second kappa shape index (κ2) is 7.69. The minimum Gasteiger partial charge on any atom is -0.281 e. The second-order valence-electron chi connectivity index (χ2n) is 4.06. The van der Waals surface area contributed by atoms with Gasteiger partial charge in [-0.1, -0.05) is 0 Å². The standard InChI is InChI=1S/C7H9N3O2.C5H5N3O2/c1-5-8-3-7(4-9-5)10(12)6(2)11;1-4-6-2-5(3-7-4)8(9)10/h3-4,12H,1-2H3;2-3H,1H3. The number of nitrogens with zero attached hydrogens (tertiary/aromatic N) is 6. The van der Waals surface area contributed by atoms with Crippen LogP contribution in [0.2, 0.25) is 0 Å². The minimum atomic E-state index is -0.528. The zero-order valence-corrected chi connectivity index (χ0v) is 12.2. The quantitative estimate of drug-likeness (QED) is 0.497. The first kappa shape index (κ1) is 17.0. The van der Waals surface area contributed by atoms with Gasteiger partial charge in [0, 0.05) is 6.92 Å². The van der Waals surface area contributed by atoms with Gasteiger partial charge in [0.05, 0.1) is 17.3 Å². The highest BCUT2D eigenvalue weighted by molar-refractivity contribution is 5.88. The van der Waals surface area contributed by atoms with E-state index < -0.39 is 10.8 Å². The van der Waals surface area contributed by atoms with Crippen LogP contribution >= 0.6 is 0 Å². The van der Waals surface area contributed by atoms with Crippen LogP contribution in [0.4, 0.5) is 11.4 Å². The number of carbonyl (C=O) groups excluding carboxylic acids is 1. The van der Waals surface area contributed by atoms with Crippen molar-refractivity contribution in [3.63, 3.8) is 0 Å². The third-order valence-corrected chi connectivity index (χ3v) is 2.29. The van der Waals surface area contributed by atoms with Crippen LogP contribution < -0.4 is 5.06 Å². The first-order valence-corrected chi connectivity index (χ1v) is 6.02. The number of aryl methyl sites for hydroxylation is 2. The molecule has 0 atom stereocenters. The summed E-state index contributed by atoms with van der Waals surface area (Å²) in [6.45, 7) is 4.64. The van der Waals surface area contributed by atoms with E-state index in [1.165, 1.54) is 31.7 Å². The summed E-state index contributed by atoms with van der Waals surface area (Å²) < 4.78 is 0. The number of nitro groups is 1. The Hall–Kier alpha value is -3.01. The number of hydroxylamine groups is 1. The smallest absolute Gasteiger partial charge is 0.281 e. The predicted molar refractivity (Wildman–Crippen MR) is 75.1 cm³/mol. The lowest BCUT2D eigenvalue weighted by atomic mass is 10.5. The topological polar surface area (TPSA) is 135 Å². The lowest BCUT2D eigenvalue weighted by molar-refractivity contribution is -0.385. The van der Waals surface area contributed by atoms with E-state index in [1.54, 1.807) is 13.8 Å². The van der Waals surface area contributed by atoms with E-state index >= 15 is 0 Å². The van der Waals surface area contributed by atoms with Gasteiger partial charge in [-0.3, -0.25) is 20.1 Å². The summed E-state index contributed by atoms with van der Waals surface area (Å²) in [4.78, 5) is 35.1. The largest absolute Gasteiger partial charge is 0.305 e. The summed E-state index contributed by atoms with van der Waals surface area (Å²) in [6.07, 6.45) is 5.12. The SMILES string of the molecule is CC(=O)N(O)c1cnc(C)nc1.Cc1ncc([N+](=O)[O-])cn1. The molecule has 0 aliphatic heterocycles. The van der Waals surface area contributed by atoms with Gasteiger partial charge in [-0.2, -0.15) is 5.06 Å². The molecule has 0 aliphatic carbocycles. The Balaban J connectivity index is 0.000000224. The van der Waals surface area contributed by atoms with E-state index in [4.69, 9.17) is 5.21 Å². The van der Waals surface area contributed by atoms with Gasteiger partial charge >= 0.3 is 5.69 Å². The molecule has 2 aromatic rings. The van der Waals surface area contributed by atoms with Crippen LogP contribution in [0.3, 0.4) is 0 Å². The maximum absolute atomic E-state index is 10.6. The Kier molecular flexibility index (Phi) is 5.96. The summed E-state index contributed by atoms with van der Waals surface area (Å²) >= 11 is 0. The fourth-order valence-corrected chi connectivity index (χ4v) is 1.16. The monoisotopic (exact) mass is 306 g/mol. The Morgan fingerprint density at radius 1 is 1.09 bits per heavy atom. The van der Waals surface area contributed by atoms with Crippen molar-refractivity contribution in [2.75, 3.05) is 5.06 Å². The highest BCUT2D eigenvalue weighted by atomic mass is 16.6. The molecule has 1 N–H and O–H groups in total. The van der Waals surface area contributed by atoms with Crippen LogP contribution in [-0.4, -0.2) is 36.0 Å². The van der Waals surface area contributed by atoms with Crippen molar-refractivity contribution in [2.24, 2.45) is 0 Å². The molecule has 2 rings (SSSR count). The summed E-state index contributed by atoms with van der Waals surface area (Å²) in [5.41, 5.74) is 0.193. The van der Waals surface area contributed by atoms with Crippen LogP contribution in [0.15, 0.2) is 24.8 Å². The van der Waals surface area contributed by atoms with E-state index in [2.05, 4.69) is 19.9 Å². The molecule has 0 aliphatic rings. The molecule has 10 nitrogen and oxygen atoms in total. The predicted octanol–water partition coefficient (Wildman–Crippen LogP) is 1.22. The molecule has 0 radical (unpaired) electrons. The Morgan fingerprint density at radius 2 is 1.50 bits per heavy atom. The number of amides is 1. The molecule has 0 aromatic carbocycles. The zero-order valence-electron chi connectivity index (χ0n) is 12.2. The first-order valence-electron chi connectivity index (χ1n) is 6.02. The van der Waals surface area contributed by atoms with Gasteiger partial charge in [0.1, 0.15) is 29.7 Å². The lowest BCUT2D eigenvalue weighted by Gasteiger charge is -2.10. The van der Waals surface area contributed by atoms with Crippen LogP contribution in [0.1, 0.15) is 18.6 Å². The lowest BCUT2D eigenvalue weighted by Crippen LogP contribution is -2.23. The fraction of sp³-hybridized carbons (Fsp3) is 0.250. The molecule has 10 heteroatoms. The number of rotatable bonds is 2. The molecule has 2 heterocycles. The van der Waals surface area contributed by atoms with E-state index in [-0.39, 0.29) is 11.4 Å². The molecule has 0 saturated carbocycles. The van der Waals surface area contributed by atoms with Crippen molar-refractivity contribution in [3.05, 3.63) is 46.6 Å². The Labute approximate surface area is 125 Å². The number of aromatic nitrogens is 4. The Morgan fingerprint density at radius 3 is 1.86 bits per heavy atom. The summed E-state index contributed by atoms with van der Waals surface area (Å²) in [5, 5.41) is 19.6. The molecular formula is C12H14N6O4.